The van der Waals surface area contributed by atoms with Crippen LogP contribution in [0.15, 0.2) is 17.1 Å². The molecule has 5 nitrogen and oxygen atoms in total. The van der Waals surface area contributed by atoms with Gasteiger partial charge in [0.05, 0.1) is 18.7 Å². The summed E-state index contributed by atoms with van der Waals surface area (Å²) in [5.74, 6) is -0.316. The van der Waals surface area contributed by atoms with Crippen LogP contribution in [0.25, 0.3) is 0 Å². The predicted molar refractivity (Wildman–Crippen MR) is 63.1 cm³/mol. The van der Waals surface area contributed by atoms with E-state index in [0.717, 1.165) is 0 Å². The highest BCUT2D eigenvalue weighted by molar-refractivity contribution is 6.49. The third-order valence-electron chi connectivity index (χ3n) is 2.18. The molecule has 1 aliphatic carbocycles. The van der Waals surface area contributed by atoms with Crippen LogP contribution < -0.4 is 0 Å². The van der Waals surface area contributed by atoms with Gasteiger partial charge in [0, 0.05) is 13.2 Å². The molecule has 1 rings (SSSR count). The van der Waals surface area contributed by atoms with E-state index < -0.39 is 6.29 Å². The van der Waals surface area contributed by atoms with Crippen LogP contribution in [0.1, 0.15) is 20.3 Å². The Morgan fingerprint density at radius 1 is 1.24 bits per heavy atom. The lowest BCUT2D eigenvalue weighted by atomic mass is 10.0. The molecule has 0 saturated heterocycles. The van der Waals surface area contributed by atoms with Crippen LogP contribution in [0, 0.1) is 0 Å². The molecule has 1 aliphatic rings. The molecule has 0 atom stereocenters. The maximum atomic E-state index is 11.4. The fourth-order valence-electron chi connectivity index (χ4n) is 1.42. The zero-order chi connectivity index (χ0) is 12.7. The fraction of sp³-hybridized carbons (Fsp3) is 0.583. The van der Waals surface area contributed by atoms with Gasteiger partial charge in [-0.2, -0.15) is 0 Å². The summed E-state index contributed by atoms with van der Waals surface area (Å²) in [6.07, 6.45) is 2.15. The summed E-state index contributed by atoms with van der Waals surface area (Å²) < 4.78 is 10.6. The van der Waals surface area contributed by atoms with Crippen LogP contribution in [0.3, 0.4) is 0 Å². The van der Waals surface area contributed by atoms with Gasteiger partial charge in [0.15, 0.2) is 17.9 Å². The normalized spacial score (nSPS) is 18.4. The average molecular weight is 239 g/mol. The summed E-state index contributed by atoms with van der Waals surface area (Å²) in [5, 5.41) is 0. The van der Waals surface area contributed by atoms with Crippen LogP contribution in [0.5, 0.6) is 0 Å². The summed E-state index contributed by atoms with van der Waals surface area (Å²) in [5.41, 5.74) is 0.280. The lowest BCUT2D eigenvalue weighted by molar-refractivity contribution is -0.128. The second kappa shape index (κ2) is 7.09. The number of aliphatic imine (C=N–C) groups is 1. The first kappa shape index (κ1) is 13.7. The highest BCUT2D eigenvalue weighted by Gasteiger charge is 2.18. The summed E-state index contributed by atoms with van der Waals surface area (Å²) in [7, 11) is 0. The summed E-state index contributed by atoms with van der Waals surface area (Å²) >= 11 is 0. The fourth-order valence-corrected chi connectivity index (χ4v) is 1.42. The molecule has 0 aromatic heterocycles. The molecule has 17 heavy (non-hydrogen) atoms. The Kier molecular flexibility index (Phi) is 5.72. The van der Waals surface area contributed by atoms with Gasteiger partial charge in [-0.25, -0.2) is 0 Å². The topological polar surface area (TPSA) is 65.0 Å². The van der Waals surface area contributed by atoms with Crippen molar-refractivity contribution in [1.82, 2.24) is 0 Å². The smallest absolute Gasteiger partial charge is 0.200 e. The SMILES string of the molecule is CCOC(CN=C1CC(=O)C=CC1=O)OCC. The van der Waals surface area contributed by atoms with E-state index in [1.54, 1.807) is 0 Å². The van der Waals surface area contributed by atoms with Crippen molar-refractivity contribution >= 4 is 17.3 Å². The monoisotopic (exact) mass is 239 g/mol. The van der Waals surface area contributed by atoms with Crippen molar-refractivity contribution in [2.24, 2.45) is 4.99 Å². The van der Waals surface area contributed by atoms with E-state index >= 15 is 0 Å². The molecule has 5 heteroatoms. The van der Waals surface area contributed by atoms with E-state index in [4.69, 9.17) is 9.47 Å². The largest absolute Gasteiger partial charge is 0.351 e. The number of carbonyl (C=O) groups excluding carboxylic acids is 2. The van der Waals surface area contributed by atoms with Gasteiger partial charge in [0.25, 0.3) is 0 Å². The third kappa shape index (κ3) is 4.58. The minimum Gasteiger partial charge on any atom is -0.351 e. The maximum Gasteiger partial charge on any atom is 0.200 e. The number of ketones is 2. The van der Waals surface area contributed by atoms with E-state index in [1.807, 2.05) is 13.8 Å². The number of ether oxygens (including phenoxy) is 2. The van der Waals surface area contributed by atoms with Gasteiger partial charge in [0.1, 0.15) is 0 Å². The quantitative estimate of drug-likeness (QED) is 0.647. The molecule has 0 unspecified atom stereocenters. The Morgan fingerprint density at radius 3 is 2.47 bits per heavy atom. The highest BCUT2D eigenvalue weighted by atomic mass is 16.7. The van der Waals surface area contributed by atoms with Crippen LogP contribution in [-0.4, -0.2) is 43.3 Å². The molecule has 94 valence electrons. The van der Waals surface area contributed by atoms with Gasteiger partial charge in [0.2, 0.25) is 0 Å². The van der Waals surface area contributed by atoms with E-state index in [0.29, 0.717) is 13.2 Å². The van der Waals surface area contributed by atoms with Crippen molar-refractivity contribution in [2.45, 2.75) is 26.6 Å². The second-order valence-electron chi connectivity index (χ2n) is 3.47. The molecule has 0 spiro atoms. The van der Waals surface area contributed by atoms with Crippen molar-refractivity contribution in [3.8, 4) is 0 Å². The lowest BCUT2D eigenvalue weighted by Gasteiger charge is -2.15. The van der Waals surface area contributed by atoms with Gasteiger partial charge >= 0.3 is 0 Å². The molecule has 0 aromatic carbocycles. The van der Waals surface area contributed by atoms with Crippen molar-refractivity contribution in [3.63, 3.8) is 0 Å². The van der Waals surface area contributed by atoms with Crippen molar-refractivity contribution < 1.29 is 19.1 Å². The zero-order valence-electron chi connectivity index (χ0n) is 10.1. The van der Waals surface area contributed by atoms with Crippen LogP contribution in [0.2, 0.25) is 0 Å². The number of hydrogen-bond donors (Lipinski definition) is 0. The lowest BCUT2D eigenvalue weighted by Crippen LogP contribution is -2.25. The first-order valence-electron chi connectivity index (χ1n) is 5.69. The van der Waals surface area contributed by atoms with Crippen LogP contribution >= 0.6 is 0 Å². The summed E-state index contributed by atoms with van der Waals surface area (Å²) in [6.45, 7) is 4.99. The minimum absolute atomic E-state index is 0.0697. The predicted octanol–water partition coefficient (Wildman–Crippen LogP) is 0.925. The van der Waals surface area contributed by atoms with Gasteiger partial charge in [-0.15, -0.1) is 0 Å². The molecular weight excluding hydrogens is 222 g/mol. The van der Waals surface area contributed by atoms with E-state index in [1.165, 1.54) is 12.2 Å². The van der Waals surface area contributed by atoms with Crippen LogP contribution in [0.4, 0.5) is 0 Å². The molecule has 0 fully saturated rings. The number of carbonyl (C=O) groups is 2. The molecule has 0 saturated carbocycles. The van der Waals surface area contributed by atoms with Gasteiger partial charge in [-0.1, -0.05) is 0 Å². The number of nitrogens with zero attached hydrogens (tertiary/aromatic N) is 1. The molecule has 0 bridgehead atoms. The molecule has 0 aliphatic heterocycles. The van der Waals surface area contributed by atoms with Gasteiger partial charge in [-0.05, 0) is 26.0 Å². The average Bonchev–Trinajstić information content (AvgIpc) is 2.30. The molecule has 0 N–H and O–H groups in total. The summed E-state index contributed by atoms with van der Waals surface area (Å²) in [4.78, 5) is 26.6. The Balaban J connectivity index is 2.58. The Morgan fingerprint density at radius 2 is 1.88 bits per heavy atom. The van der Waals surface area contributed by atoms with Crippen molar-refractivity contribution in [2.75, 3.05) is 19.8 Å². The van der Waals surface area contributed by atoms with E-state index in [2.05, 4.69) is 4.99 Å². The Hall–Kier alpha value is -1.33. The second-order valence-corrected chi connectivity index (χ2v) is 3.47. The minimum atomic E-state index is -0.452. The van der Waals surface area contributed by atoms with Gasteiger partial charge < -0.3 is 9.47 Å². The Labute approximate surface area is 101 Å². The molecule has 0 radical (unpaired) electrons. The third-order valence-corrected chi connectivity index (χ3v) is 2.18. The van der Waals surface area contributed by atoms with Gasteiger partial charge in [-0.3, -0.25) is 14.6 Å². The molecular formula is C12H17NO4. The van der Waals surface area contributed by atoms with Crippen molar-refractivity contribution in [1.29, 1.82) is 0 Å². The number of allylic oxidation sites excluding steroid dienone is 2. The highest BCUT2D eigenvalue weighted by Crippen LogP contribution is 2.03. The standard InChI is InChI=1S/C12H17NO4/c1-3-16-12(17-4-2)8-13-10-7-9(14)5-6-11(10)15/h5-6,12H,3-4,7-8H2,1-2H3. The first-order valence-corrected chi connectivity index (χ1v) is 5.69. The summed E-state index contributed by atoms with van der Waals surface area (Å²) in [6, 6.07) is 0. The molecule has 0 amide bonds. The molecule has 0 heterocycles. The van der Waals surface area contributed by atoms with E-state index in [-0.39, 0.29) is 30.2 Å². The van der Waals surface area contributed by atoms with E-state index in [9.17, 15) is 9.59 Å². The van der Waals surface area contributed by atoms with Crippen LogP contribution in [-0.2, 0) is 19.1 Å². The van der Waals surface area contributed by atoms with Crippen molar-refractivity contribution in [3.05, 3.63) is 12.2 Å². The maximum absolute atomic E-state index is 11.4. The number of rotatable bonds is 6. The molecule has 0 aromatic rings. The number of hydrogen-bond acceptors (Lipinski definition) is 5. The first-order chi connectivity index (χ1) is 8.17. The Bertz CT molecular complexity index is 340. The zero-order valence-corrected chi connectivity index (χ0v) is 10.1.